The van der Waals surface area contributed by atoms with E-state index < -0.39 is 11.7 Å². The fourth-order valence-corrected chi connectivity index (χ4v) is 1.70. The van der Waals surface area contributed by atoms with Crippen LogP contribution in [0.5, 0.6) is 5.75 Å². The van der Waals surface area contributed by atoms with Crippen LogP contribution in [0.3, 0.4) is 0 Å². The lowest BCUT2D eigenvalue weighted by Crippen LogP contribution is -2.12. The third-order valence-corrected chi connectivity index (χ3v) is 2.69. The van der Waals surface area contributed by atoms with Crippen molar-refractivity contribution in [1.29, 1.82) is 0 Å². The molecule has 1 aromatic carbocycles. The summed E-state index contributed by atoms with van der Waals surface area (Å²) in [5, 5.41) is 0. The van der Waals surface area contributed by atoms with Gasteiger partial charge in [0.15, 0.2) is 0 Å². The number of benzene rings is 1. The number of hydrogen-bond acceptors (Lipinski definition) is 3. The van der Waals surface area contributed by atoms with Crippen LogP contribution in [0.1, 0.15) is 11.1 Å². The molecule has 0 saturated heterocycles. The van der Waals surface area contributed by atoms with E-state index in [9.17, 15) is 13.2 Å². The first-order valence-corrected chi connectivity index (χ1v) is 6.33. The minimum atomic E-state index is -4.46. The van der Waals surface area contributed by atoms with Gasteiger partial charge < -0.3 is 9.47 Å². The van der Waals surface area contributed by atoms with Crippen molar-refractivity contribution in [1.82, 2.24) is 4.98 Å². The third kappa shape index (κ3) is 4.75. The van der Waals surface area contributed by atoms with Gasteiger partial charge in [0.1, 0.15) is 17.9 Å². The number of aromatic nitrogens is 1. The largest absolute Gasteiger partial charge is 0.489 e. The van der Waals surface area contributed by atoms with Gasteiger partial charge in [0.2, 0.25) is 0 Å². The van der Waals surface area contributed by atoms with Crippen LogP contribution in [0, 0.1) is 0 Å². The topological polar surface area (TPSA) is 31.4 Å². The van der Waals surface area contributed by atoms with Crippen molar-refractivity contribution in [2.75, 3.05) is 13.2 Å². The van der Waals surface area contributed by atoms with Gasteiger partial charge in [-0.15, -0.1) is 0 Å². The summed E-state index contributed by atoms with van der Waals surface area (Å²) in [5.74, 6) is -0.284. The molecule has 6 heteroatoms. The molecular weight excluding hydrogens is 283 g/mol. The van der Waals surface area contributed by atoms with Crippen molar-refractivity contribution < 1.29 is 22.6 Å². The van der Waals surface area contributed by atoms with Crippen molar-refractivity contribution in [3.05, 3.63) is 59.9 Å². The summed E-state index contributed by atoms with van der Waals surface area (Å²) in [6.07, 6.45) is -2.31. The van der Waals surface area contributed by atoms with Crippen LogP contribution < -0.4 is 4.74 Å². The molecule has 112 valence electrons. The Morgan fingerprint density at radius 3 is 2.48 bits per heavy atom. The van der Waals surface area contributed by atoms with E-state index in [1.54, 1.807) is 0 Å². The van der Waals surface area contributed by atoms with Gasteiger partial charge >= 0.3 is 6.18 Å². The molecular formula is C15H14F3NO2. The summed E-state index contributed by atoms with van der Waals surface area (Å²) >= 11 is 0. The Morgan fingerprint density at radius 1 is 1.00 bits per heavy atom. The summed E-state index contributed by atoms with van der Waals surface area (Å²) in [6, 6.07) is 10.4. The van der Waals surface area contributed by atoms with Gasteiger partial charge in [-0.2, -0.15) is 13.2 Å². The molecule has 0 amide bonds. The lowest BCUT2D eigenvalue weighted by Gasteiger charge is -2.13. The molecule has 21 heavy (non-hydrogen) atoms. The molecule has 0 atom stereocenters. The number of pyridine rings is 1. The van der Waals surface area contributed by atoms with Crippen molar-refractivity contribution >= 4 is 0 Å². The average Bonchev–Trinajstić information content (AvgIpc) is 2.47. The highest BCUT2D eigenvalue weighted by molar-refractivity contribution is 5.32. The molecule has 1 aromatic heterocycles. The maximum Gasteiger partial charge on any atom is 0.420 e. The lowest BCUT2D eigenvalue weighted by atomic mass is 10.2. The standard InChI is InChI=1S/C15H14F3NO2/c16-15(17,18)13-6-7-19-10-14(13)21-9-8-20-11-12-4-2-1-3-5-12/h1-7,10H,8-9,11H2. The molecule has 1 heterocycles. The minimum Gasteiger partial charge on any atom is -0.489 e. The summed E-state index contributed by atoms with van der Waals surface area (Å²) in [5.41, 5.74) is 0.162. The minimum absolute atomic E-state index is 0.0294. The van der Waals surface area contributed by atoms with Gasteiger partial charge in [-0.25, -0.2) is 0 Å². The summed E-state index contributed by atoms with van der Waals surface area (Å²) in [6.45, 7) is 0.617. The van der Waals surface area contributed by atoms with Gasteiger partial charge in [-0.3, -0.25) is 4.98 Å². The molecule has 2 aromatic rings. The van der Waals surface area contributed by atoms with E-state index in [-0.39, 0.29) is 19.0 Å². The van der Waals surface area contributed by atoms with E-state index in [2.05, 4.69) is 4.98 Å². The molecule has 0 aliphatic rings. The Labute approximate surface area is 120 Å². The van der Waals surface area contributed by atoms with E-state index in [0.29, 0.717) is 6.61 Å². The van der Waals surface area contributed by atoms with E-state index in [1.165, 1.54) is 0 Å². The second kappa shape index (κ2) is 7.08. The number of nitrogens with zero attached hydrogens (tertiary/aromatic N) is 1. The van der Waals surface area contributed by atoms with E-state index in [4.69, 9.17) is 9.47 Å². The first kappa shape index (κ1) is 15.3. The zero-order chi connectivity index (χ0) is 15.1. The second-order valence-electron chi connectivity index (χ2n) is 4.26. The van der Waals surface area contributed by atoms with E-state index >= 15 is 0 Å². The van der Waals surface area contributed by atoms with Crippen LogP contribution in [0.2, 0.25) is 0 Å². The van der Waals surface area contributed by atoms with Crippen molar-refractivity contribution in [2.45, 2.75) is 12.8 Å². The number of rotatable bonds is 6. The smallest absolute Gasteiger partial charge is 0.420 e. The summed E-state index contributed by atoms with van der Waals surface area (Å²) < 4.78 is 48.6. The average molecular weight is 297 g/mol. The number of halogens is 3. The Hall–Kier alpha value is -2.08. The number of hydrogen-bond donors (Lipinski definition) is 0. The van der Waals surface area contributed by atoms with Gasteiger partial charge in [0, 0.05) is 6.20 Å². The van der Waals surface area contributed by atoms with Gasteiger partial charge in [0.05, 0.1) is 19.4 Å². The van der Waals surface area contributed by atoms with Crippen LogP contribution in [-0.2, 0) is 17.5 Å². The molecule has 0 aliphatic carbocycles. The van der Waals surface area contributed by atoms with Crippen molar-refractivity contribution in [3.63, 3.8) is 0 Å². The van der Waals surface area contributed by atoms with Crippen LogP contribution in [0.4, 0.5) is 13.2 Å². The molecule has 0 spiro atoms. The van der Waals surface area contributed by atoms with Crippen molar-refractivity contribution in [3.8, 4) is 5.75 Å². The SMILES string of the molecule is FC(F)(F)c1ccncc1OCCOCc1ccccc1. The lowest BCUT2D eigenvalue weighted by molar-refractivity contribution is -0.139. The predicted octanol–water partition coefficient (Wildman–Crippen LogP) is 3.70. The van der Waals surface area contributed by atoms with E-state index in [1.807, 2.05) is 30.3 Å². The Morgan fingerprint density at radius 2 is 1.76 bits per heavy atom. The molecule has 0 fully saturated rings. The molecule has 0 bridgehead atoms. The first-order chi connectivity index (χ1) is 10.1. The van der Waals surface area contributed by atoms with Gasteiger partial charge in [0.25, 0.3) is 0 Å². The second-order valence-corrected chi connectivity index (χ2v) is 4.26. The quantitative estimate of drug-likeness (QED) is 0.762. The molecule has 0 saturated carbocycles. The van der Waals surface area contributed by atoms with Crippen molar-refractivity contribution in [2.24, 2.45) is 0 Å². The fourth-order valence-electron chi connectivity index (χ4n) is 1.70. The Kier molecular flexibility index (Phi) is 5.16. The fraction of sp³-hybridized carbons (Fsp3) is 0.267. The normalized spacial score (nSPS) is 11.4. The molecule has 0 unspecified atom stereocenters. The number of ether oxygens (including phenoxy) is 2. The van der Waals surface area contributed by atoms with Crippen LogP contribution in [0.25, 0.3) is 0 Å². The monoisotopic (exact) mass is 297 g/mol. The zero-order valence-electron chi connectivity index (χ0n) is 11.1. The van der Waals surface area contributed by atoms with E-state index in [0.717, 1.165) is 24.0 Å². The molecule has 0 radical (unpaired) electrons. The Bertz CT molecular complexity index is 558. The zero-order valence-corrected chi connectivity index (χ0v) is 11.1. The van der Waals surface area contributed by atoms with Crippen LogP contribution >= 0.6 is 0 Å². The first-order valence-electron chi connectivity index (χ1n) is 6.33. The number of alkyl halides is 3. The van der Waals surface area contributed by atoms with Gasteiger partial charge in [-0.1, -0.05) is 30.3 Å². The highest BCUT2D eigenvalue weighted by Crippen LogP contribution is 2.35. The highest BCUT2D eigenvalue weighted by atomic mass is 19.4. The van der Waals surface area contributed by atoms with Crippen LogP contribution in [-0.4, -0.2) is 18.2 Å². The third-order valence-electron chi connectivity index (χ3n) is 2.69. The Balaban J connectivity index is 1.79. The summed E-state index contributed by atoms with van der Waals surface area (Å²) in [4.78, 5) is 3.64. The van der Waals surface area contributed by atoms with Gasteiger partial charge in [-0.05, 0) is 11.6 Å². The maximum atomic E-state index is 12.7. The predicted molar refractivity (Wildman–Crippen MR) is 70.8 cm³/mol. The molecule has 0 N–H and O–H groups in total. The molecule has 0 aliphatic heterocycles. The summed E-state index contributed by atoms with van der Waals surface area (Å²) in [7, 11) is 0. The molecule has 3 nitrogen and oxygen atoms in total. The highest BCUT2D eigenvalue weighted by Gasteiger charge is 2.34. The maximum absolute atomic E-state index is 12.7. The van der Waals surface area contributed by atoms with Crippen LogP contribution in [0.15, 0.2) is 48.8 Å². The molecule has 2 rings (SSSR count).